The lowest BCUT2D eigenvalue weighted by Crippen LogP contribution is -2.30. The molecule has 30 heavy (non-hydrogen) atoms. The van der Waals surface area contributed by atoms with Gasteiger partial charge in [-0.15, -0.1) is 0 Å². The summed E-state index contributed by atoms with van der Waals surface area (Å²) in [5.41, 5.74) is 13.2. The predicted molar refractivity (Wildman–Crippen MR) is 118 cm³/mol. The lowest BCUT2D eigenvalue weighted by molar-refractivity contribution is 0.0962. The lowest BCUT2D eigenvalue weighted by Gasteiger charge is -2.14. The van der Waals surface area contributed by atoms with Gasteiger partial charge in [-0.1, -0.05) is 36.4 Å². The predicted octanol–water partition coefficient (Wildman–Crippen LogP) is 3.72. The van der Waals surface area contributed by atoms with Crippen LogP contribution in [0.4, 0.5) is 23.0 Å². The van der Waals surface area contributed by atoms with Crippen molar-refractivity contribution in [2.24, 2.45) is 0 Å². The topological polar surface area (TPSA) is 114 Å². The van der Waals surface area contributed by atoms with Crippen molar-refractivity contribution in [3.63, 3.8) is 0 Å². The number of hydrogen-bond acceptors (Lipinski definition) is 7. The third-order valence-corrected chi connectivity index (χ3v) is 4.57. The number of nitrogens with one attached hydrogen (secondary N) is 3. The van der Waals surface area contributed by atoms with Crippen molar-refractivity contribution >= 4 is 39.7 Å². The van der Waals surface area contributed by atoms with E-state index in [4.69, 9.17) is 10.5 Å². The van der Waals surface area contributed by atoms with Gasteiger partial charge in [0.2, 0.25) is 0 Å². The Bertz CT molecular complexity index is 1190. The van der Waals surface area contributed by atoms with Crippen LogP contribution in [0.25, 0.3) is 10.8 Å². The Morgan fingerprint density at radius 2 is 1.67 bits per heavy atom. The van der Waals surface area contributed by atoms with E-state index < -0.39 is 0 Å². The molecule has 0 bridgehead atoms. The standard InChI is InChI=1S/C22H20N6O2/c1-30-16-11-9-15(10-12-16)22(29)28-27-21-19(23)20(24-13-25-21)26-18-8-4-6-14-5-2-3-7-17(14)18/h2-13H,23H2,1H3,(H,28,29)(H2,24,25,26,27). The highest BCUT2D eigenvalue weighted by atomic mass is 16.5. The Kier molecular flexibility index (Phi) is 5.29. The second-order valence-electron chi connectivity index (χ2n) is 6.44. The molecule has 0 aliphatic heterocycles. The number of anilines is 4. The Labute approximate surface area is 173 Å². The van der Waals surface area contributed by atoms with Crippen molar-refractivity contribution in [3.05, 3.63) is 78.6 Å². The average Bonchev–Trinajstić information content (AvgIpc) is 2.79. The Morgan fingerprint density at radius 3 is 2.47 bits per heavy atom. The van der Waals surface area contributed by atoms with Gasteiger partial charge >= 0.3 is 0 Å². The average molecular weight is 400 g/mol. The number of carbonyl (C=O) groups excluding carboxylic acids is 1. The van der Waals surface area contributed by atoms with Crippen LogP contribution in [0.3, 0.4) is 0 Å². The molecule has 3 aromatic carbocycles. The van der Waals surface area contributed by atoms with Crippen LogP contribution in [0.2, 0.25) is 0 Å². The van der Waals surface area contributed by atoms with Crippen molar-refractivity contribution in [1.29, 1.82) is 0 Å². The molecule has 0 radical (unpaired) electrons. The van der Waals surface area contributed by atoms with Gasteiger partial charge in [-0.2, -0.15) is 0 Å². The first kappa shape index (κ1) is 19.0. The van der Waals surface area contributed by atoms with Crippen LogP contribution in [0.1, 0.15) is 10.4 Å². The van der Waals surface area contributed by atoms with Gasteiger partial charge in [0.15, 0.2) is 11.6 Å². The van der Waals surface area contributed by atoms with Gasteiger partial charge in [0.25, 0.3) is 5.91 Å². The largest absolute Gasteiger partial charge is 0.497 e. The molecule has 0 spiro atoms. The molecule has 4 rings (SSSR count). The van der Waals surface area contributed by atoms with E-state index in [9.17, 15) is 4.79 Å². The minimum absolute atomic E-state index is 0.278. The van der Waals surface area contributed by atoms with Crippen LogP contribution in [0.15, 0.2) is 73.1 Å². The van der Waals surface area contributed by atoms with Gasteiger partial charge in [0, 0.05) is 16.6 Å². The molecule has 0 aliphatic carbocycles. The van der Waals surface area contributed by atoms with Crippen LogP contribution in [-0.2, 0) is 0 Å². The van der Waals surface area contributed by atoms with Gasteiger partial charge in [-0.25, -0.2) is 9.97 Å². The zero-order chi connectivity index (χ0) is 20.9. The summed E-state index contributed by atoms with van der Waals surface area (Å²) in [5, 5.41) is 5.38. The number of fused-ring (bicyclic) bond motifs is 1. The van der Waals surface area contributed by atoms with Crippen molar-refractivity contribution in [3.8, 4) is 5.75 Å². The quantitative estimate of drug-likeness (QED) is 0.365. The van der Waals surface area contributed by atoms with E-state index in [1.54, 1.807) is 31.4 Å². The lowest BCUT2D eigenvalue weighted by atomic mass is 10.1. The van der Waals surface area contributed by atoms with Crippen LogP contribution >= 0.6 is 0 Å². The summed E-state index contributed by atoms with van der Waals surface area (Å²) < 4.78 is 5.09. The highest BCUT2D eigenvalue weighted by Crippen LogP contribution is 2.29. The summed E-state index contributed by atoms with van der Waals surface area (Å²) >= 11 is 0. The van der Waals surface area contributed by atoms with Crippen LogP contribution in [0.5, 0.6) is 5.75 Å². The normalized spacial score (nSPS) is 10.4. The molecule has 0 saturated carbocycles. The fraction of sp³-hybridized carbons (Fsp3) is 0.0455. The first-order chi connectivity index (χ1) is 14.7. The molecule has 1 aromatic heterocycles. The fourth-order valence-corrected chi connectivity index (χ4v) is 2.99. The number of rotatable bonds is 6. The molecule has 4 aromatic rings. The summed E-state index contributed by atoms with van der Waals surface area (Å²) in [5.74, 6) is 1.06. The maximum Gasteiger partial charge on any atom is 0.269 e. The highest BCUT2D eigenvalue weighted by molar-refractivity contribution is 5.97. The number of carbonyl (C=O) groups is 1. The Hall–Kier alpha value is -4.33. The number of nitrogen functional groups attached to an aromatic ring is 1. The number of amides is 1. The number of hydrogen-bond donors (Lipinski definition) is 4. The van der Waals surface area contributed by atoms with E-state index in [-0.39, 0.29) is 17.4 Å². The van der Waals surface area contributed by atoms with Crippen molar-refractivity contribution in [2.45, 2.75) is 0 Å². The molecular formula is C22H20N6O2. The van der Waals surface area contributed by atoms with Gasteiger partial charge in [-0.3, -0.25) is 15.6 Å². The Balaban J connectivity index is 1.50. The van der Waals surface area contributed by atoms with E-state index in [1.807, 2.05) is 42.5 Å². The number of nitrogens with two attached hydrogens (primary N) is 1. The molecule has 8 nitrogen and oxygen atoms in total. The second kappa shape index (κ2) is 8.36. The molecule has 150 valence electrons. The first-order valence-corrected chi connectivity index (χ1v) is 9.21. The fourth-order valence-electron chi connectivity index (χ4n) is 2.99. The number of hydrazine groups is 1. The Morgan fingerprint density at radius 1 is 0.933 bits per heavy atom. The van der Waals surface area contributed by atoms with E-state index in [0.29, 0.717) is 17.1 Å². The highest BCUT2D eigenvalue weighted by Gasteiger charge is 2.11. The molecule has 5 N–H and O–H groups in total. The van der Waals surface area contributed by atoms with Crippen LogP contribution in [0, 0.1) is 0 Å². The molecule has 0 aliphatic rings. The summed E-state index contributed by atoms with van der Waals surface area (Å²) in [6, 6.07) is 20.7. The van der Waals surface area contributed by atoms with Gasteiger partial charge < -0.3 is 15.8 Å². The van der Waals surface area contributed by atoms with Crippen LogP contribution < -0.4 is 26.6 Å². The maximum atomic E-state index is 12.3. The molecule has 1 heterocycles. The number of methoxy groups -OCH3 is 1. The maximum absolute atomic E-state index is 12.3. The van der Waals surface area contributed by atoms with E-state index >= 15 is 0 Å². The molecule has 0 atom stereocenters. The minimum Gasteiger partial charge on any atom is -0.497 e. The summed E-state index contributed by atoms with van der Waals surface area (Å²) in [6.45, 7) is 0. The molecule has 0 unspecified atom stereocenters. The second-order valence-corrected chi connectivity index (χ2v) is 6.44. The molecule has 8 heteroatoms. The zero-order valence-corrected chi connectivity index (χ0v) is 16.2. The van der Waals surface area contributed by atoms with Crippen molar-refractivity contribution in [2.75, 3.05) is 23.6 Å². The third kappa shape index (κ3) is 3.93. The first-order valence-electron chi connectivity index (χ1n) is 9.21. The summed E-state index contributed by atoms with van der Waals surface area (Å²) in [7, 11) is 1.57. The smallest absolute Gasteiger partial charge is 0.269 e. The zero-order valence-electron chi connectivity index (χ0n) is 16.2. The van der Waals surface area contributed by atoms with Crippen LogP contribution in [-0.4, -0.2) is 23.0 Å². The number of benzene rings is 3. The summed E-state index contributed by atoms with van der Waals surface area (Å²) in [6.07, 6.45) is 1.37. The number of aromatic nitrogens is 2. The van der Waals surface area contributed by atoms with Gasteiger partial charge in [-0.05, 0) is 35.7 Å². The molecule has 1 amide bonds. The van der Waals surface area contributed by atoms with Crippen molar-refractivity contribution < 1.29 is 9.53 Å². The summed E-state index contributed by atoms with van der Waals surface area (Å²) in [4.78, 5) is 20.7. The SMILES string of the molecule is COc1ccc(C(=O)NNc2ncnc(Nc3cccc4ccccc34)c2N)cc1. The third-order valence-electron chi connectivity index (χ3n) is 4.57. The molecular weight excluding hydrogens is 380 g/mol. The monoisotopic (exact) mass is 400 g/mol. The molecule has 0 fully saturated rings. The number of ether oxygens (including phenoxy) is 1. The van der Waals surface area contributed by atoms with Gasteiger partial charge in [0.05, 0.1) is 7.11 Å². The van der Waals surface area contributed by atoms with Gasteiger partial charge in [0.1, 0.15) is 17.8 Å². The van der Waals surface area contributed by atoms with E-state index in [2.05, 4.69) is 26.1 Å². The minimum atomic E-state index is -0.334. The van der Waals surface area contributed by atoms with Crippen molar-refractivity contribution in [1.82, 2.24) is 15.4 Å². The van der Waals surface area contributed by atoms with E-state index in [0.717, 1.165) is 16.5 Å². The number of nitrogens with zero attached hydrogens (tertiary/aromatic N) is 2. The van der Waals surface area contributed by atoms with E-state index in [1.165, 1.54) is 6.33 Å². The molecule has 0 saturated heterocycles.